The molecule has 4 nitrogen and oxygen atoms in total. The number of fused-ring (bicyclic) bond motifs is 1. The van der Waals surface area contributed by atoms with Crippen molar-refractivity contribution in [2.24, 2.45) is 11.3 Å². The Bertz CT molecular complexity index is 687. The molecule has 2 aliphatic rings. The van der Waals surface area contributed by atoms with Gasteiger partial charge in [-0.2, -0.15) is 0 Å². The van der Waals surface area contributed by atoms with E-state index in [-0.39, 0.29) is 29.4 Å². The molecule has 1 amide bonds. The molecule has 6 heteroatoms. The maximum Gasteiger partial charge on any atom is 0.410 e. The van der Waals surface area contributed by atoms with Crippen LogP contribution in [0.2, 0.25) is 10.0 Å². The van der Waals surface area contributed by atoms with E-state index in [1.54, 1.807) is 11.0 Å². The van der Waals surface area contributed by atoms with Gasteiger partial charge in [0.05, 0.1) is 10.0 Å². The topological polar surface area (TPSA) is 49.8 Å². The second kappa shape index (κ2) is 5.52. The summed E-state index contributed by atoms with van der Waals surface area (Å²) in [7, 11) is 0. The second-order valence-electron chi connectivity index (χ2n) is 8.09. The molecule has 1 aliphatic carbocycles. The molecule has 1 heterocycles. The van der Waals surface area contributed by atoms with Crippen LogP contribution in [0.1, 0.15) is 33.3 Å². The number of amides is 1. The van der Waals surface area contributed by atoms with E-state index in [1.165, 1.54) is 0 Å². The van der Waals surface area contributed by atoms with Crippen molar-refractivity contribution in [1.82, 2.24) is 4.90 Å². The maximum atomic E-state index is 12.4. The van der Waals surface area contributed by atoms with Gasteiger partial charge in [0.25, 0.3) is 0 Å². The van der Waals surface area contributed by atoms with Crippen molar-refractivity contribution in [2.45, 2.75) is 38.7 Å². The lowest BCUT2D eigenvalue weighted by atomic mass is 9.87. The van der Waals surface area contributed by atoms with Gasteiger partial charge in [0.1, 0.15) is 5.60 Å². The lowest BCUT2D eigenvalue weighted by Gasteiger charge is -2.30. The fraction of sp³-hybridized carbons (Fsp3) is 0.611. The lowest BCUT2D eigenvalue weighted by molar-refractivity contribution is 0.0229. The Morgan fingerprint density at radius 3 is 2.58 bits per heavy atom. The van der Waals surface area contributed by atoms with Crippen LogP contribution in [0.5, 0.6) is 0 Å². The quantitative estimate of drug-likeness (QED) is 0.850. The number of piperidine rings is 1. The van der Waals surface area contributed by atoms with Crippen LogP contribution in [0, 0.1) is 11.3 Å². The normalized spacial score (nSPS) is 31.8. The van der Waals surface area contributed by atoms with Crippen molar-refractivity contribution >= 4 is 29.3 Å². The van der Waals surface area contributed by atoms with Gasteiger partial charge in [0, 0.05) is 30.5 Å². The van der Waals surface area contributed by atoms with Gasteiger partial charge in [-0.25, -0.2) is 4.79 Å². The zero-order valence-corrected chi connectivity index (χ0v) is 15.9. The predicted octanol–water partition coefficient (Wildman–Crippen LogP) is 4.11. The highest BCUT2D eigenvalue weighted by atomic mass is 35.5. The second-order valence-corrected chi connectivity index (χ2v) is 8.90. The Balaban J connectivity index is 1.90. The SMILES string of the molecule is CC(C)(C)OC(=O)N1C[C@@H]2[C@](C)(CO)[C@]2(c2ccc(Cl)c(Cl)c2)C1. The van der Waals surface area contributed by atoms with E-state index < -0.39 is 5.60 Å². The predicted molar refractivity (Wildman–Crippen MR) is 94.6 cm³/mol. The van der Waals surface area contributed by atoms with Crippen molar-refractivity contribution in [1.29, 1.82) is 0 Å². The van der Waals surface area contributed by atoms with E-state index in [2.05, 4.69) is 6.92 Å². The van der Waals surface area contributed by atoms with Crippen LogP contribution in [-0.4, -0.2) is 41.4 Å². The molecule has 3 atom stereocenters. The highest BCUT2D eigenvalue weighted by Gasteiger charge is 2.78. The summed E-state index contributed by atoms with van der Waals surface area (Å²) < 4.78 is 5.49. The van der Waals surface area contributed by atoms with Crippen LogP contribution in [-0.2, 0) is 10.2 Å². The number of hydrogen-bond acceptors (Lipinski definition) is 3. The first-order valence-corrected chi connectivity index (χ1v) is 8.85. The smallest absolute Gasteiger partial charge is 0.410 e. The Kier molecular flexibility index (Phi) is 4.10. The van der Waals surface area contributed by atoms with Gasteiger partial charge in [-0.1, -0.05) is 36.2 Å². The first-order valence-electron chi connectivity index (χ1n) is 8.09. The maximum absolute atomic E-state index is 12.4. The largest absolute Gasteiger partial charge is 0.444 e. The number of aliphatic hydroxyl groups is 1. The minimum absolute atomic E-state index is 0.0695. The molecule has 24 heavy (non-hydrogen) atoms. The molecule has 1 saturated heterocycles. The van der Waals surface area contributed by atoms with E-state index in [0.717, 1.165) is 5.56 Å². The molecule has 1 aliphatic heterocycles. The number of hydrogen-bond donors (Lipinski definition) is 1. The molecule has 1 N–H and O–H groups in total. The van der Waals surface area contributed by atoms with Gasteiger partial charge in [0.2, 0.25) is 0 Å². The Labute approximate surface area is 152 Å². The van der Waals surface area contributed by atoms with Gasteiger partial charge >= 0.3 is 6.09 Å². The number of rotatable bonds is 2. The standard InChI is InChI=1S/C18H23Cl2NO3/c1-16(2,3)24-15(23)21-8-14-17(4,10-22)18(14,9-21)11-5-6-12(19)13(20)7-11/h5-7,14,22H,8-10H2,1-4H3/t14-,17+,18+/m1/s1. The number of benzene rings is 1. The number of nitrogens with zero attached hydrogens (tertiary/aromatic N) is 1. The monoisotopic (exact) mass is 371 g/mol. The Morgan fingerprint density at radius 1 is 1.38 bits per heavy atom. The minimum atomic E-state index is -0.527. The number of carbonyl (C=O) groups excluding carboxylic acids is 1. The molecule has 3 rings (SSSR count). The van der Waals surface area contributed by atoms with Crippen LogP contribution in [0.15, 0.2) is 18.2 Å². The summed E-state index contributed by atoms with van der Waals surface area (Å²) >= 11 is 12.2. The number of carbonyl (C=O) groups is 1. The molecule has 2 fully saturated rings. The first-order chi connectivity index (χ1) is 11.0. The fourth-order valence-corrected chi connectivity index (χ4v) is 4.51. The highest BCUT2D eigenvalue weighted by molar-refractivity contribution is 6.42. The molecule has 1 saturated carbocycles. The summed E-state index contributed by atoms with van der Waals surface area (Å²) in [5.41, 5.74) is -0.0688. The Morgan fingerprint density at radius 2 is 2.04 bits per heavy atom. The van der Waals surface area contributed by atoms with Gasteiger partial charge in [0.15, 0.2) is 0 Å². The van der Waals surface area contributed by atoms with Gasteiger partial charge in [-0.3, -0.25) is 0 Å². The molecule has 0 aromatic heterocycles. The number of aliphatic hydroxyl groups excluding tert-OH is 1. The molecule has 0 bridgehead atoms. The van der Waals surface area contributed by atoms with Crippen LogP contribution in [0.25, 0.3) is 0 Å². The van der Waals surface area contributed by atoms with Crippen molar-refractivity contribution in [3.63, 3.8) is 0 Å². The summed E-state index contributed by atoms with van der Waals surface area (Å²) in [5.74, 6) is 0.180. The van der Waals surface area contributed by atoms with Crippen molar-refractivity contribution in [3.05, 3.63) is 33.8 Å². The summed E-state index contributed by atoms with van der Waals surface area (Å²) in [6.07, 6.45) is -0.311. The molecular formula is C18H23Cl2NO3. The number of likely N-dealkylation sites (tertiary alicyclic amines) is 1. The summed E-state index contributed by atoms with van der Waals surface area (Å²) in [5, 5.41) is 10.9. The highest BCUT2D eigenvalue weighted by Crippen LogP contribution is 2.72. The van der Waals surface area contributed by atoms with E-state index in [0.29, 0.717) is 23.1 Å². The fourth-order valence-electron chi connectivity index (χ4n) is 4.21. The molecule has 0 spiro atoms. The number of halogens is 2. The zero-order chi connectivity index (χ0) is 17.9. The molecule has 132 valence electrons. The van der Waals surface area contributed by atoms with Gasteiger partial charge in [-0.15, -0.1) is 0 Å². The van der Waals surface area contributed by atoms with Crippen molar-refractivity contribution in [3.8, 4) is 0 Å². The van der Waals surface area contributed by atoms with Crippen LogP contribution in [0.4, 0.5) is 4.79 Å². The van der Waals surface area contributed by atoms with Gasteiger partial charge < -0.3 is 14.7 Å². The molecular weight excluding hydrogens is 349 g/mol. The lowest BCUT2D eigenvalue weighted by Crippen LogP contribution is -2.41. The third-order valence-electron chi connectivity index (χ3n) is 5.56. The molecule has 1 aromatic rings. The summed E-state index contributed by atoms with van der Waals surface area (Å²) in [6.45, 7) is 8.79. The molecule has 1 aromatic carbocycles. The first kappa shape index (κ1) is 17.8. The zero-order valence-electron chi connectivity index (χ0n) is 14.4. The van der Waals surface area contributed by atoms with Gasteiger partial charge in [-0.05, 0) is 44.4 Å². The number of ether oxygens (including phenoxy) is 1. The van der Waals surface area contributed by atoms with Crippen molar-refractivity contribution in [2.75, 3.05) is 19.7 Å². The van der Waals surface area contributed by atoms with Crippen LogP contribution >= 0.6 is 23.2 Å². The van der Waals surface area contributed by atoms with E-state index >= 15 is 0 Å². The third kappa shape index (κ3) is 2.51. The van der Waals surface area contributed by atoms with E-state index in [1.807, 2.05) is 32.9 Å². The van der Waals surface area contributed by atoms with E-state index in [9.17, 15) is 9.90 Å². The molecule has 0 radical (unpaired) electrons. The van der Waals surface area contributed by atoms with Crippen molar-refractivity contribution < 1.29 is 14.6 Å². The van der Waals surface area contributed by atoms with Crippen LogP contribution in [0.3, 0.4) is 0 Å². The molecule has 0 unspecified atom stereocenters. The van der Waals surface area contributed by atoms with E-state index in [4.69, 9.17) is 27.9 Å². The average molecular weight is 372 g/mol. The van der Waals surface area contributed by atoms with Crippen LogP contribution < -0.4 is 0 Å². The summed E-state index contributed by atoms with van der Waals surface area (Å²) in [6, 6.07) is 5.58. The summed E-state index contributed by atoms with van der Waals surface area (Å²) in [4.78, 5) is 14.1. The average Bonchev–Trinajstić information content (AvgIpc) is 2.82. The minimum Gasteiger partial charge on any atom is -0.444 e. The third-order valence-corrected chi connectivity index (χ3v) is 6.30. The Hall–Kier alpha value is -0.970.